The largest absolute Gasteiger partial charge is 0.396 e. The van der Waals surface area contributed by atoms with Crippen molar-refractivity contribution in [2.24, 2.45) is 0 Å². The number of unbranched alkanes of at least 4 members (excludes halogenated alkanes) is 1. The van der Waals surface area contributed by atoms with Crippen LogP contribution in [0.4, 0.5) is 0 Å². The van der Waals surface area contributed by atoms with Crippen LogP contribution in [0.15, 0.2) is 18.2 Å². The number of hydrogen-bond acceptors (Lipinski definition) is 2. The Kier molecular flexibility index (Phi) is 5.36. The molecule has 1 aromatic rings. The van der Waals surface area contributed by atoms with E-state index < -0.39 is 6.10 Å². The minimum Gasteiger partial charge on any atom is -0.396 e. The van der Waals surface area contributed by atoms with E-state index in [0.717, 1.165) is 30.4 Å². The van der Waals surface area contributed by atoms with Crippen molar-refractivity contribution in [1.29, 1.82) is 0 Å². The Morgan fingerprint density at radius 3 is 2.33 bits per heavy atom. The van der Waals surface area contributed by atoms with E-state index in [-0.39, 0.29) is 12.0 Å². The second-order valence-corrected chi connectivity index (χ2v) is 6.06. The molecule has 0 aliphatic carbocycles. The summed E-state index contributed by atoms with van der Waals surface area (Å²) in [4.78, 5) is 0. The van der Waals surface area contributed by atoms with Crippen molar-refractivity contribution in [1.82, 2.24) is 0 Å². The summed E-state index contributed by atoms with van der Waals surface area (Å²) in [5.74, 6) is 0. The van der Waals surface area contributed by atoms with E-state index in [1.807, 2.05) is 6.07 Å². The quantitative estimate of drug-likeness (QED) is 0.785. The van der Waals surface area contributed by atoms with Gasteiger partial charge in [-0.2, -0.15) is 0 Å². The standard InChI is InChI=1S/C16H26O2/c1-12-11-13(16(2,3)4)8-9-14(12)15(18)7-5-6-10-17/h8-9,11,15,17-18H,5-7,10H2,1-4H3. The van der Waals surface area contributed by atoms with Gasteiger partial charge in [-0.05, 0) is 48.3 Å². The molecule has 0 amide bonds. The first kappa shape index (κ1) is 15.2. The Hall–Kier alpha value is -0.860. The van der Waals surface area contributed by atoms with Crippen LogP contribution >= 0.6 is 0 Å². The fourth-order valence-corrected chi connectivity index (χ4v) is 2.12. The summed E-state index contributed by atoms with van der Waals surface area (Å²) in [5, 5.41) is 18.9. The third-order valence-electron chi connectivity index (χ3n) is 3.38. The smallest absolute Gasteiger partial charge is 0.0792 e. The van der Waals surface area contributed by atoms with E-state index in [1.165, 1.54) is 5.56 Å². The van der Waals surface area contributed by atoms with Gasteiger partial charge in [0.2, 0.25) is 0 Å². The highest BCUT2D eigenvalue weighted by Gasteiger charge is 2.16. The highest BCUT2D eigenvalue weighted by Crippen LogP contribution is 2.28. The van der Waals surface area contributed by atoms with Gasteiger partial charge in [0, 0.05) is 6.61 Å². The summed E-state index contributed by atoms with van der Waals surface area (Å²) < 4.78 is 0. The van der Waals surface area contributed by atoms with Crippen LogP contribution in [0.3, 0.4) is 0 Å². The zero-order chi connectivity index (χ0) is 13.8. The molecule has 18 heavy (non-hydrogen) atoms. The van der Waals surface area contributed by atoms with E-state index >= 15 is 0 Å². The third-order valence-corrected chi connectivity index (χ3v) is 3.38. The monoisotopic (exact) mass is 250 g/mol. The van der Waals surface area contributed by atoms with Crippen LogP contribution in [-0.2, 0) is 5.41 Å². The van der Waals surface area contributed by atoms with Gasteiger partial charge < -0.3 is 10.2 Å². The van der Waals surface area contributed by atoms with Crippen LogP contribution in [0.1, 0.15) is 62.8 Å². The second-order valence-electron chi connectivity index (χ2n) is 6.06. The van der Waals surface area contributed by atoms with Crippen molar-refractivity contribution in [3.05, 3.63) is 34.9 Å². The van der Waals surface area contributed by atoms with Crippen molar-refractivity contribution in [3.8, 4) is 0 Å². The lowest BCUT2D eigenvalue weighted by atomic mass is 9.84. The second kappa shape index (κ2) is 6.35. The molecule has 0 aromatic heterocycles. The SMILES string of the molecule is Cc1cc(C(C)(C)C)ccc1C(O)CCCCO. The number of aliphatic hydroxyl groups excluding tert-OH is 2. The average Bonchev–Trinajstić information content (AvgIpc) is 2.27. The van der Waals surface area contributed by atoms with Crippen molar-refractivity contribution in [2.75, 3.05) is 6.61 Å². The minimum atomic E-state index is -0.412. The van der Waals surface area contributed by atoms with Gasteiger partial charge in [-0.3, -0.25) is 0 Å². The van der Waals surface area contributed by atoms with Crippen LogP contribution in [0.25, 0.3) is 0 Å². The molecule has 0 fully saturated rings. The van der Waals surface area contributed by atoms with Gasteiger partial charge in [0.1, 0.15) is 0 Å². The highest BCUT2D eigenvalue weighted by molar-refractivity contribution is 5.35. The first-order valence-corrected chi connectivity index (χ1v) is 6.76. The number of hydrogen-bond donors (Lipinski definition) is 2. The van der Waals surface area contributed by atoms with Crippen molar-refractivity contribution in [2.45, 2.75) is 58.5 Å². The molecule has 0 spiro atoms. The third kappa shape index (κ3) is 4.11. The minimum absolute atomic E-state index is 0.144. The summed E-state index contributed by atoms with van der Waals surface area (Å²) in [6, 6.07) is 6.32. The van der Waals surface area contributed by atoms with E-state index in [4.69, 9.17) is 5.11 Å². The van der Waals surface area contributed by atoms with Gasteiger partial charge in [-0.25, -0.2) is 0 Å². The predicted octanol–water partition coefficient (Wildman–Crippen LogP) is 3.49. The Morgan fingerprint density at radius 2 is 1.83 bits per heavy atom. The van der Waals surface area contributed by atoms with Crippen LogP contribution in [0, 0.1) is 6.92 Å². The Morgan fingerprint density at radius 1 is 1.17 bits per heavy atom. The zero-order valence-corrected chi connectivity index (χ0v) is 12.0. The Balaban J connectivity index is 2.79. The Bertz CT molecular complexity index is 377. The molecule has 0 aliphatic heterocycles. The van der Waals surface area contributed by atoms with Gasteiger partial charge in [0.25, 0.3) is 0 Å². The number of aryl methyl sites for hydroxylation is 1. The lowest BCUT2D eigenvalue weighted by molar-refractivity contribution is 0.158. The number of benzene rings is 1. The highest BCUT2D eigenvalue weighted by atomic mass is 16.3. The molecule has 2 heteroatoms. The molecule has 0 bridgehead atoms. The van der Waals surface area contributed by atoms with Crippen molar-refractivity contribution in [3.63, 3.8) is 0 Å². The van der Waals surface area contributed by atoms with Gasteiger partial charge >= 0.3 is 0 Å². The fourth-order valence-electron chi connectivity index (χ4n) is 2.12. The summed E-state index contributed by atoms with van der Waals surface area (Å²) in [7, 11) is 0. The molecule has 0 heterocycles. The van der Waals surface area contributed by atoms with Crippen LogP contribution < -0.4 is 0 Å². The van der Waals surface area contributed by atoms with E-state index in [2.05, 4.69) is 39.8 Å². The molecular weight excluding hydrogens is 224 g/mol. The molecule has 0 aliphatic rings. The molecule has 1 rings (SSSR count). The molecule has 1 atom stereocenters. The predicted molar refractivity (Wildman–Crippen MR) is 75.8 cm³/mol. The molecule has 1 aromatic carbocycles. The summed E-state index contributed by atoms with van der Waals surface area (Å²) in [6.45, 7) is 8.84. The van der Waals surface area contributed by atoms with Gasteiger partial charge in [0.05, 0.1) is 6.10 Å². The average molecular weight is 250 g/mol. The van der Waals surface area contributed by atoms with Crippen molar-refractivity contribution >= 4 is 0 Å². The van der Waals surface area contributed by atoms with E-state index in [9.17, 15) is 5.11 Å². The topological polar surface area (TPSA) is 40.5 Å². The fraction of sp³-hybridized carbons (Fsp3) is 0.625. The maximum atomic E-state index is 10.1. The molecule has 102 valence electrons. The van der Waals surface area contributed by atoms with Crippen LogP contribution in [-0.4, -0.2) is 16.8 Å². The molecule has 0 radical (unpaired) electrons. The molecule has 2 N–H and O–H groups in total. The van der Waals surface area contributed by atoms with Crippen LogP contribution in [0.2, 0.25) is 0 Å². The van der Waals surface area contributed by atoms with Gasteiger partial charge in [0.15, 0.2) is 0 Å². The molecule has 2 nitrogen and oxygen atoms in total. The molecule has 0 saturated heterocycles. The van der Waals surface area contributed by atoms with Gasteiger partial charge in [-0.15, -0.1) is 0 Å². The summed E-state index contributed by atoms with van der Waals surface area (Å²) >= 11 is 0. The zero-order valence-electron chi connectivity index (χ0n) is 12.0. The first-order valence-electron chi connectivity index (χ1n) is 6.76. The summed E-state index contributed by atoms with van der Waals surface area (Å²) in [5.41, 5.74) is 3.61. The van der Waals surface area contributed by atoms with Gasteiger partial charge in [-0.1, -0.05) is 39.0 Å². The first-order chi connectivity index (χ1) is 8.36. The van der Waals surface area contributed by atoms with E-state index in [1.54, 1.807) is 0 Å². The molecule has 1 unspecified atom stereocenters. The number of aliphatic hydroxyl groups is 2. The maximum absolute atomic E-state index is 10.1. The molecule has 0 saturated carbocycles. The summed E-state index contributed by atoms with van der Waals surface area (Å²) in [6.07, 6.45) is 1.93. The molecular formula is C16H26O2. The number of rotatable bonds is 5. The van der Waals surface area contributed by atoms with Crippen molar-refractivity contribution < 1.29 is 10.2 Å². The lowest BCUT2D eigenvalue weighted by Gasteiger charge is -2.22. The van der Waals surface area contributed by atoms with Crippen LogP contribution in [0.5, 0.6) is 0 Å². The maximum Gasteiger partial charge on any atom is 0.0792 e. The normalized spacial score (nSPS) is 13.7. The lowest BCUT2D eigenvalue weighted by Crippen LogP contribution is -2.12. The van der Waals surface area contributed by atoms with E-state index in [0.29, 0.717) is 0 Å². The Labute approximate surface area is 111 Å².